The topological polar surface area (TPSA) is 146 Å². The molecule has 0 aliphatic heterocycles. The quantitative estimate of drug-likeness (QED) is 0.302. The average Bonchev–Trinajstić information content (AvgIpc) is 3.72. The lowest BCUT2D eigenvalue weighted by Gasteiger charge is -2.36. The second-order valence-electron chi connectivity index (χ2n) is 10.9. The third-order valence-electron chi connectivity index (χ3n) is 9.07. The summed E-state index contributed by atoms with van der Waals surface area (Å²) in [5, 5.41) is 38.0. The van der Waals surface area contributed by atoms with Crippen molar-refractivity contribution < 1.29 is 0 Å². The molecular formula is C30H22N8S2. The Hall–Kier alpha value is -4.22. The van der Waals surface area contributed by atoms with E-state index >= 15 is 0 Å². The molecule has 3 aromatic rings. The van der Waals surface area contributed by atoms with Gasteiger partial charge in [-0.05, 0) is 60.1 Å². The summed E-state index contributed by atoms with van der Waals surface area (Å²) in [7, 11) is 0. The van der Waals surface area contributed by atoms with Crippen LogP contribution in [-0.4, -0.2) is 21.4 Å². The van der Waals surface area contributed by atoms with Gasteiger partial charge < -0.3 is 0 Å². The third-order valence-corrected chi connectivity index (χ3v) is 11.0. The van der Waals surface area contributed by atoms with Gasteiger partial charge in [-0.15, -0.1) is 0 Å². The second kappa shape index (κ2) is 9.17. The zero-order valence-corrected chi connectivity index (χ0v) is 23.3. The monoisotopic (exact) mass is 558 g/mol. The molecule has 0 atom stereocenters. The Bertz CT molecular complexity index is 1650. The minimum atomic E-state index is -0.204. The molecule has 2 spiro atoms. The molecule has 0 saturated heterocycles. The number of rotatable bonds is 2. The summed E-state index contributed by atoms with van der Waals surface area (Å²) < 4.78 is 0. The molecule has 194 valence electrons. The molecule has 4 aliphatic carbocycles. The maximum absolute atomic E-state index is 9.27. The van der Waals surface area contributed by atoms with Crippen LogP contribution < -0.4 is 0 Å². The molecule has 0 N–H and O–H groups in total. The number of thiazole rings is 2. The van der Waals surface area contributed by atoms with Gasteiger partial charge in [-0.2, -0.15) is 31.0 Å². The number of aromatic nitrogens is 2. The van der Waals surface area contributed by atoms with E-state index in [1.807, 2.05) is 24.3 Å². The third kappa shape index (κ3) is 3.37. The maximum Gasteiger partial charge on any atom is 0.220 e. The highest BCUT2D eigenvalue weighted by Crippen LogP contribution is 2.64. The molecule has 0 unspecified atom stereocenters. The highest BCUT2D eigenvalue weighted by Gasteiger charge is 2.51. The lowest BCUT2D eigenvalue weighted by Crippen LogP contribution is -2.30. The lowest BCUT2D eigenvalue weighted by atomic mass is 9.67. The normalized spacial score (nSPS) is 18.3. The zero-order valence-electron chi connectivity index (χ0n) is 21.6. The molecule has 2 saturated carbocycles. The van der Waals surface area contributed by atoms with Gasteiger partial charge >= 0.3 is 0 Å². The highest BCUT2D eigenvalue weighted by molar-refractivity contribution is 7.19. The van der Waals surface area contributed by atoms with Gasteiger partial charge in [0.2, 0.25) is 21.7 Å². The number of aliphatic imine (C=N–C) groups is 2. The minimum absolute atomic E-state index is 0.176. The van der Waals surface area contributed by atoms with Crippen LogP contribution in [0.1, 0.15) is 86.7 Å². The Morgan fingerprint density at radius 2 is 1.00 bits per heavy atom. The minimum Gasteiger partial charge on any atom is -0.222 e. The van der Waals surface area contributed by atoms with Crippen molar-refractivity contribution in [2.45, 2.75) is 75.0 Å². The molecule has 2 heterocycles. The van der Waals surface area contributed by atoms with E-state index in [1.54, 1.807) is 0 Å². The fourth-order valence-electron chi connectivity index (χ4n) is 7.41. The van der Waals surface area contributed by atoms with Gasteiger partial charge in [-0.25, -0.2) is 9.97 Å². The zero-order chi connectivity index (χ0) is 27.5. The summed E-state index contributed by atoms with van der Waals surface area (Å²) in [5.74, 6) is 0. The van der Waals surface area contributed by atoms with Gasteiger partial charge in [0.05, 0.1) is 21.1 Å². The fraction of sp³-hybridized carbons (Fsp3) is 0.400. The molecule has 0 amide bonds. The summed E-state index contributed by atoms with van der Waals surface area (Å²) in [4.78, 5) is 20.7. The van der Waals surface area contributed by atoms with Crippen LogP contribution in [-0.2, 0) is 10.8 Å². The van der Waals surface area contributed by atoms with E-state index in [2.05, 4.69) is 22.1 Å². The fourth-order valence-corrected chi connectivity index (χ4v) is 9.56. The van der Waals surface area contributed by atoms with E-state index in [1.165, 1.54) is 57.8 Å². The standard InChI is InChI=1S/C30H22N8S2/c31-13-17(14-32)35-27-37-25-23(39-27)19-12-22-20(11-21(19)29(25)7-3-1-4-8-29)24-26(30(22)9-5-2-6-10-30)38-28(40-24)36-18(15-33)16-34/h11-12H,1-10H2. The molecule has 2 fully saturated rings. The van der Waals surface area contributed by atoms with Crippen molar-refractivity contribution in [3.63, 3.8) is 0 Å². The van der Waals surface area contributed by atoms with Crippen LogP contribution in [0.5, 0.6) is 0 Å². The summed E-state index contributed by atoms with van der Waals surface area (Å²) in [5.41, 5.74) is 6.37. The van der Waals surface area contributed by atoms with E-state index in [0.29, 0.717) is 10.3 Å². The first-order valence-electron chi connectivity index (χ1n) is 13.6. The Balaban J connectivity index is 1.46. The molecule has 0 bridgehead atoms. The van der Waals surface area contributed by atoms with Crippen LogP contribution in [0.2, 0.25) is 0 Å². The lowest BCUT2D eigenvalue weighted by molar-refractivity contribution is 0.343. The Morgan fingerprint density at radius 1 is 0.625 bits per heavy atom. The number of fused-ring (bicyclic) bond motifs is 10. The first-order valence-corrected chi connectivity index (χ1v) is 15.2. The first-order chi connectivity index (χ1) is 19.6. The van der Waals surface area contributed by atoms with Crippen LogP contribution in [0, 0.1) is 45.3 Å². The van der Waals surface area contributed by atoms with E-state index in [0.717, 1.165) is 72.5 Å². The van der Waals surface area contributed by atoms with Crippen molar-refractivity contribution in [3.8, 4) is 45.2 Å². The predicted molar refractivity (Wildman–Crippen MR) is 153 cm³/mol. The van der Waals surface area contributed by atoms with Crippen LogP contribution in [0.3, 0.4) is 0 Å². The number of hydrogen-bond acceptors (Lipinski definition) is 10. The molecule has 40 heavy (non-hydrogen) atoms. The molecule has 2 aromatic heterocycles. The smallest absolute Gasteiger partial charge is 0.220 e. The second-order valence-corrected chi connectivity index (χ2v) is 12.9. The van der Waals surface area contributed by atoms with Crippen molar-refractivity contribution in [2.24, 2.45) is 9.98 Å². The molecule has 7 rings (SSSR count). The number of nitrogens with zero attached hydrogens (tertiary/aromatic N) is 8. The Kier molecular flexibility index (Phi) is 5.69. The van der Waals surface area contributed by atoms with E-state index in [-0.39, 0.29) is 22.3 Å². The van der Waals surface area contributed by atoms with Crippen molar-refractivity contribution >= 4 is 44.4 Å². The van der Waals surface area contributed by atoms with Gasteiger partial charge in [-0.3, -0.25) is 0 Å². The van der Waals surface area contributed by atoms with E-state index in [9.17, 15) is 21.0 Å². The predicted octanol–water partition coefficient (Wildman–Crippen LogP) is 7.30. The molecule has 1 aromatic carbocycles. The number of benzene rings is 1. The molecule has 0 radical (unpaired) electrons. The van der Waals surface area contributed by atoms with Crippen LogP contribution in [0.15, 0.2) is 22.1 Å². The van der Waals surface area contributed by atoms with Crippen molar-refractivity contribution in [2.75, 3.05) is 0 Å². The van der Waals surface area contributed by atoms with E-state index in [4.69, 9.17) is 9.97 Å². The Labute approximate surface area is 239 Å². The SMILES string of the molecule is N#CC(C#N)=Nc1nc2c(s1)-c1cc3c(cc1C21CCCCC1)-c1sc(N=C(C#N)C#N)nc1C31CCCCC1. The molecule has 8 nitrogen and oxygen atoms in total. The van der Waals surface area contributed by atoms with Gasteiger partial charge in [0, 0.05) is 10.8 Å². The van der Waals surface area contributed by atoms with Crippen molar-refractivity contribution in [3.05, 3.63) is 34.6 Å². The summed E-state index contributed by atoms with van der Waals surface area (Å²) in [6.45, 7) is 0. The van der Waals surface area contributed by atoms with Gasteiger partial charge in [0.25, 0.3) is 0 Å². The summed E-state index contributed by atoms with van der Waals surface area (Å²) >= 11 is 2.96. The van der Waals surface area contributed by atoms with Gasteiger partial charge in [0.1, 0.15) is 24.3 Å². The summed E-state index contributed by atoms with van der Waals surface area (Å²) in [6.07, 6.45) is 10.9. The largest absolute Gasteiger partial charge is 0.222 e. The van der Waals surface area contributed by atoms with Crippen molar-refractivity contribution in [1.82, 2.24) is 9.97 Å². The summed E-state index contributed by atoms with van der Waals surface area (Å²) in [6, 6.07) is 12.2. The molecular weight excluding hydrogens is 537 g/mol. The highest BCUT2D eigenvalue weighted by atomic mass is 32.1. The van der Waals surface area contributed by atoms with Gasteiger partial charge in [-0.1, -0.05) is 61.2 Å². The van der Waals surface area contributed by atoms with E-state index < -0.39 is 0 Å². The van der Waals surface area contributed by atoms with Crippen molar-refractivity contribution in [1.29, 1.82) is 21.0 Å². The average molecular weight is 559 g/mol. The first kappa shape index (κ1) is 24.8. The maximum atomic E-state index is 9.27. The Morgan fingerprint density at radius 3 is 1.35 bits per heavy atom. The molecule has 10 heteroatoms. The number of nitriles is 4. The number of hydrogen-bond donors (Lipinski definition) is 0. The molecule has 4 aliphatic rings. The van der Waals surface area contributed by atoms with Crippen LogP contribution >= 0.6 is 22.7 Å². The van der Waals surface area contributed by atoms with Crippen LogP contribution in [0.25, 0.3) is 20.9 Å². The van der Waals surface area contributed by atoms with Crippen LogP contribution in [0.4, 0.5) is 10.3 Å². The van der Waals surface area contributed by atoms with Gasteiger partial charge in [0.15, 0.2) is 0 Å².